The van der Waals surface area contributed by atoms with E-state index in [0.717, 1.165) is 0 Å². The fourth-order valence-corrected chi connectivity index (χ4v) is 1.79. The number of hydrogen-bond donors (Lipinski definition) is 0. The third kappa shape index (κ3) is 2.96. The smallest absolute Gasteiger partial charge is 0.203 e. The molecule has 8 heteroatoms. The van der Waals surface area contributed by atoms with Crippen LogP contribution in [0.4, 0.5) is 17.6 Å². The van der Waals surface area contributed by atoms with Gasteiger partial charge >= 0.3 is 0 Å². The molecule has 1 aromatic heterocycles. The Morgan fingerprint density at radius 2 is 1.60 bits per heavy atom. The maximum atomic E-state index is 13.3. The molecule has 0 unspecified atom stereocenters. The normalized spacial score (nSPS) is 10.7. The molecule has 2 nitrogen and oxygen atoms in total. The molecule has 0 aliphatic carbocycles. The summed E-state index contributed by atoms with van der Waals surface area (Å²) in [4.78, 5) is 3.70. The summed E-state index contributed by atoms with van der Waals surface area (Å²) in [5.74, 6) is -7.52. The Balaban J connectivity index is 2.27. The van der Waals surface area contributed by atoms with Crippen molar-refractivity contribution in [1.82, 2.24) is 4.98 Å². The summed E-state index contributed by atoms with van der Waals surface area (Å²) in [7, 11) is 0. The molecule has 0 saturated carbocycles. The Kier molecular flexibility index (Phi) is 4.35. The molecular weight excluding hydrogens is 321 g/mol. The van der Waals surface area contributed by atoms with Gasteiger partial charge in [-0.15, -0.1) is 0 Å². The second-order valence-corrected chi connectivity index (χ2v) is 4.48. The lowest BCUT2D eigenvalue weighted by Crippen LogP contribution is -2.04. The van der Waals surface area contributed by atoms with Crippen LogP contribution < -0.4 is 4.74 Å². The monoisotopic (exact) mass is 325 g/mol. The molecule has 0 atom stereocenters. The molecule has 0 spiro atoms. The molecule has 0 bridgehead atoms. The maximum absolute atomic E-state index is 13.3. The lowest BCUT2D eigenvalue weighted by Gasteiger charge is -2.10. The average molecular weight is 326 g/mol. The van der Waals surface area contributed by atoms with Crippen LogP contribution in [0.3, 0.4) is 0 Å². The van der Waals surface area contributed by atoms with E-state index in [9.17, 15) is 17.6 Å². The fourth-order valence-electron chi connectivity index (χ4n) is 1.37. The number of rotatable bonds is 3. The van der Waals surface area contributed by atoms with Crippen molar-refractivity contribution in [3.05, 3.63) is 57.3 Å². The molecule has 0 aliphatic heterocycles. The number of nitrogens with zero attached hydrogens (tertiary/aromatic N) is 1. The summed E-state index contributed by atoms with van der Waals surface area (Å²) in [6.45, 7) is -0.431. The number of pyridine rings is 1. The van der Waals surface area contributed by atoms with Crippen LogP contribution in [0.1, 0.15) is 5.56 Å². The van der Waals surface area contributed by atoms with Gasteiger partial charge < -0.3 is 4.74 Å². The van der Waals surface area contributed by atoms with Gasteiger partial charge in [0.05, 0.1) is 5.02 Å². The minimum absolute atomic E-state index is 0.0916. The Morgan fingerprint density at radius 3 is 2.15 bits per heavy atom. The largest absolute Gasteiger partial charge is 0.483 e. The standard InChI is InChI=1S/C12H5Cl2F4NO/c13-6-1-9(14)19-3-5(6)4-20-12-10(17)7(15)2-8(16)11(12)18/h1-3H,4H2. The van der Waals surface area contributed by atoms with E-state index in [0.29, 0.717) is 0 Å². The highest BCUT2D eigenvalue weighted by molar-refractivity contribution is 6.34. The highest BCUT2D eigenvalue weighted by Crippen LogP contribution is 2.28. The van der Waals surface area contributed by atoms with E-state index in [1.165, 1.54) is 12.3 Å². The SMILES string of the molecule is Fc1cc(F)c(F)c(OCc2cnc(Cl)cc2Cl)c1F. The van der Waals surface area contributed by atoms with Crippen molar-refractivity contribution in [2.24, 2.45) is 0 Å². The van der Waals surface area contributed by atoms with E-state index in [1.54, 1.807) is 0 Å². The van der Waals surface area contributed by atoms with Crippen LogP contribution in [0.2, 0.25) is 10.2 Å². The number of ether oxygens (including phenoxy) is 1. The first-order valence-corrected chi connectivity index (χ1v) is 5.91. The highest BCUT2D eigenvalue weighted by atomic mass is 35.5. The average Bonchev–Trinajstić information content (AvgIpc) is 2.38. The molecule has 0 saturated heterocycles. The molecule has 1 aromatic carbocycles. The second kappa shape index (κ2) is 5.85. The molecule has 2 rings (SSSR count). The second-order valence-electron chi connectivity index (χ2n) is 3.68. The van der Waals surface area contributed by atoms with Crippen LogP contribution in [0.5, 0.6) is 5.75 Å². The van der Waals surface area contributed by atoms with Crippen molar-refractivity contribution in [2.45, 2.75) is 6.61 Å². The lowest BCUT2D eigenvalue weighted by atomic mass is 10.2. The fraction of sp³-hybridized carbons (Fsp3) is 0.0833. The maximum Gasteiger partial charge on any atom is 0.203 e. The summed E-state index contributed by atoms with van der Waals surface area (Å²) in [6.07, 6.45) is 1.22. The quantitative estimate of drug-likeness (QED) is 0.470. The van der Waals surface area contributed by atoms with Crippen molar-refractivity contribution in [2.75, 3.05) is 0 Å². The highest BCUT2D eigenvalue weighted by Gasteiger charge is 2.20. The Labute approximate surface area is 120 Å². The van der Waals surface area contributed by atoms with Gasteiger partial charge in [-0.25, -0.2) is 13.8 Å². The van der Waals surface area contributed by atoms with Crippen LogP contribution in [-0.4, -0.2) is 4.98 Å². The van der Waals surface area contributed by atoms with Gasteiger partial charge in [-0.1, -0.05) is 23.2 Å². The molecule has 0 radical (unpaired) electrons. The van der Waals surface area contributed by atoms with E-state index >= 15 is 0 Å². The minimum atomic E-state index is -1.62. The van der Waals surface area contributed by atoms with Crippen molar-refractivity contribution >= 4 is 23.2 Å². The zero-order valence-electron chi connectivity index (χ0n) is 9.56. The minimum Gasteiger partial charge on any atom is -0.483 e. The zero-order valence-corrected chi connectivity index (χ0v) is 11.1. The van der Waals surface area contributed by atoms with Gasteiger partial charge in [0.15, 0.2) is 17.4 Å². The van der Waals surface area contributed by atoms with E-state index in [-0.39, 0.29) is 21.8 Å². The van der Waals surface area contributed by atoms with Crippen molar-refractivity contribution in [3.63, 3.8) is 0 Å². The number of hydrogen-bond acceptors (Lipinski definition) is 2. The summed E-state index contributed by atoms with van der Waals surface area (Å²) >= 11 is 11.4. The topological polar surface area (TPSA) is 22.1 Å². The predicted molar refractivity (Wildman–Crippen MR) is 64.9 cm³/mol. The van der Waals surface area contributed by atoms with Crippen molar-refractivity contribution in [1.29, 1.82) is 0 Å². The predicted octanol–water partition coefficient (Wildman–Crippen LogP) is 4.52. The summed E-state index contributed by atoms with van der Waals surface area (Å²) < 4.78 is 57.3. The first-order valence-electron chi connectivity index (χ1n) is 5.16. The molecule has 20 heavy (non-hydrogen) atoms. The van der Waals surface area contributed by atoms with Crippen molar-refractivity contribution < 1.29 is 22.3 Å². The lowest BCUT2D eigenvalue weighted by molar-refractivity contribution is 0.261. The van der Waals surface area contributed by atoms with E-state index in [1.807, 2.05) is 0 Å². The summed E-state index contributed by atoms with van der Waals surface area (Å²) in [6, 6.07) is 1.38. The molecule has 0 N–H and O–H groups in total. The van der Waals surface area contributed by atoms with Crippen LogP contribution in [0.15, 0.2) is 18.3 Å². The number of benzene rings is 1. The van der Waals surface area contributed by atoms with Gasteiger partial charge in [0, 0.05) is 17.8 Å². The molecule has 0 fully saturated rings. The first-order chi connectivity index (χ1) is 9.40. The van der Waals surface area contributed by atoms with Crippen LogP contribution in [-0.2, 0) is 6.61 Å². The van der Waals surface area contributed by atoms with E-state index in [2.05, 4.69) is 4.98 Å². The van der Waals surface area contributed by atoms with E-state index < -0.39 is 35.6 Å². The Hall–Kier alpha value is -1.53. The Bertz CT molecular complexity index is 640. The van der Waals surface area contributed by atoms with Crippen LogP contribution >= 0.6 is 23.2 Å². The molecule has 0 amide bonds. The molecular formula is C12H5Cl2F4NO. The van der Waals surface area contributed by atoms with Crippen molar-refractivity contribution in [3.8, 4) is 5.75 Å². The van der Waals surface area contributed by atoms with Gasteiger partial charge in [-0.2, -0.15) is 8.78 Å². The molecule has 2 aromatic rings. The third-order valence-corrected chi connectivity index (χ3v) is 2.90. The third-order valence-electron chi connectivity index (χ3n) is 2.34. The first kappa shape index (κ1) is 14.9. The molecule has 1 heterocycles. The van der Waals surface area contributed by atoms with Crippen LogP contribution in [0, 0.1) is 23.3 Å². The van der Waals surface area contributed by atoms with Gasteiger partial charge in [-0.3, -0.25) is 0 Å². The van der Waals surface area contributed by atoms with Gasteiger partial charge in [0.2, 0.25) is 11.6 Å². The molecule has 106 valence electrons. The number of aromatic nitrogens is 1. The molecule has 0 aliphatic rings. The Morgan fingerprint density at radius 1 is 1.00 bits per heavy atom. The van der Waals surface area contributed by atoms with Gasteiger partial charge in [0.1, 0.15) is 11.8 Å². The number of halogens is 6. The zero-order chi connectivity index (χ0) is 14.9. The summed E-state index contributed by atoms with van der Waals surface area (Å²) in [5.41, 5.74) is 0.250. The van der Waals surface area contributed by atoms with Gasteiger partial charge in [0.25, 0.3) is 0 Å². The van der Waals surface area contributed by atoms with Crippen LogP contribution in [0.25, 0.3) is 0 Å². The van der Waals surface area contributed by atoms with Gasteiger partial charge in [-0.05, 0) is 6.07 Å². The van der Waals surface area contributed by atoms with E-state index in [4.69, 9.17) is 27.9 Å². The summed E-state index contributed by atoms with van der Waals surface area (Å²) in [5, 5.41) is 0.260.